The third-order valence-electron chi connectivity index (χ3n) is 5.80. The highest BCUT2D eigenvalue weighted by molar-refractivity contribution is 5.95. The summed E-state index contributed by atoms with van der Waals surface area (Å²) in [7, 11) is 1.83. The average Bonchev–Trinajstić information content (AvgIpc) is 3.37. The molecule has 7 nitrogen and oxygen atoms in total. The van der Waals surface area contributed by atoms with Crippen LogP contribution in [0.3, 0.4) is 0 Å². The molecule has 2 fully saturated rings. The number of pyridine rings is 1. The number of rotatable bonds is 3. The number of aromatic nitrogens is 3. The number of hydrogen-bond donors (Lipinski definition) is 0. The predicted octanol–water partition coefficient (Wildman–Crippen LogP) is 2.38. The standard InChI is InChI=1S/C21H27N5O2/c1-15-18(14-24(2)23-15)21(28)26-11-5-6-17(13-26)19-8-7-16(12-22-19)20(27)25-9-3-4-10-25/h7-8,12,14,17H,3-6,9-11,13H2,1-2H3. The Bertz CT molecular complexity index is 867. The van der Waals surface area contributed by atoms with Gasteiger partial charge in [0.25, 0.3) is 11.8 Å². The first-order chi connectivity index (χ1) is 13.5. The van der Waals surface area contributed by atoms with Gasteiger partial charge in [0.1, 0.15) is 0 Å². The Labute approximate surface area is 165 Å². The molecule has 4 heterocycles. The minimum Gasteiger partial charge on any atom is -0.339 e. The van der Waals surface area contributed by atoms with E-state index in [0.717, 1.165) is 56.7 Å². The Morgan fingerprint density at radius 2 is 1.79 bits per heavy atom. The lowest BCUT2D eigenvalue weighted by molar-refractivity contribution is 0.0705. The van der Waals surface area contributed by atoms with E-state index in [-0.39, 0.29) is 17.7 Å². The summed E-state index contributed by atoms with van der Waals surface area (Å²) in [6, 6.07) is 3.84. The van der Waals surface area contributed by atoms with Crippen LogP contribution >= 0.6 is 0 Å². The lowest BCUT2D eigenvalue weighted by Gasteiger charge is -2.32. The fourth-order valence-electron chi connectivity index (χ4n) is 4.26. The molecule has 7 heteroatoms. The molecular weight excluding hydrogens is 354 g/mol. The molecule has 0 saturated carbocycles. The zero-order chi connectivity index (χ0) is 19.7. The first-order valence-corrected chi connectivity index (χ1v) is 10.1. The van der Waals surface area contributed by atoms with E-state index in [1.165, 1.54) is 0 Å². The highest BCUT2D eigenvalue weighted by Gasteiger charge is 2.28. The normalized spacial score (nSPS) is 19.9. The van der Waals surface area contributed by atoms with E-state index in [1.54, 1.807) is 17.1 Å². The number of piperidine rings is 1. The number of nitrogens with zero attached hydrogens (tertiary/aromatic N) is 5. The van der Waals surface area contributed by atoms with Crippen molar-refractivity contribution in [2.75, 3.05) is 26.2 Å². The number of likely N-dealkylation sites (tertiary alicyclic amines) is 2. The van der Waals surface area contributed by atoms with E-state index in [1.807, 2.05) is 35.9 Å². The molecular formula is C21H27N5O2. The SMILES string of the molecule is Cc1nn(C)cc1C(=O)N1CCCC(c2ccc(C(=O)N3CCCC3)cn2)C1. The van der Waals surface area contributed by atoms with Crippen molar-refractivity contribution in [1.29, 1.82) is 0 Å². The molecule has 2 amide bonds. The molecule has 0 radical (unpaired) electrons. The summed E-state index contributed by atoms with van der Waals surface area (Å²) >= 11 is 0. The molecule has 0 N–H and O–H groups in total. The van der Waals surface area contributed by atoms with Crippen LogP contribution in [-0.4, -0.2) is 62.6 Å². The van der Waals surface area contributed by atoms with Crippen LogP contribution in [0.4, 0.5) is 0 Å². The maximum Gasteiger partial charge on any atom is 0.257 e. The smallest absolute Gasteiger partial charge is 0.257 e. The van der Waals surface area contributed by atoms with Gasteiger partial charge in [-0.1, -0.05) is 0 Å². The monoisotopic (exact) mass is 381 g/mol. The van der Waals surface area contributed by atoms with Crippen molar-refractivity contribution >= 4 is 11.8 Å². The molecule has 2 aliphatic rings. The van der Waals surface area contributed by atoms with Crippen LogP contribution in [0.15, 0.2) is 24.5 Å². The van der Waals surface area contributed by atoms with Gasteiger partial charge in [-0.2, -0.15) is 5.10 Å². The summed E-state index contributed by atoms with van der Waals surface area (Å²) in [6.45, 7) is 4.96. The van der Waals surface area contributed by atoms with Gasteiger partial charge in [-0.05, 0) is 44.7 Å². The van der Waals surface area contributed by atoms with Gasteiger partial charge in [0.2, 0.25) is 0 Å². The third-order valence-corrected chi connectivity index (χ3v) is 5.80. The highest BCUT2D eigenvalue weighted by Crippen LogP contribution is 2.27. The van der Waals surface area contributed by atoms with Crippen LogP contribution in [0.25, 0.3) is 0 Å². The molecule has 0 bridgehead atoms. The molecule has 0 spiro atoms. The lowest BCUT2D eigenvalue weighted by Crippen LogP contribution is -2.39. The summed E-state index contributed by atoms with van der Waals surface area (Å²) < 4.78 is 1.68. The summed E-state index contributed by atoms with van der Waals surface area (Å²) in [5, 5.41) is 4.28. The summed E-state index contributed by atoms with van der Waals surface area (Å²) in [4.78, 5) is 33.8. The minimum absolute atomic E-state index is 0.0381. The molecule has 0 aromatic carbocycles. The van der Waals surface area contributed by atoms with Gasteiger partial charge in [0, 0.05) is 57.2 Å². The molecule has 28 heavy (non-hydrogen) atoms. The van der Waals surface area contributed by atoms with Gasteiger partial charge in [-0.25, -0.2) is 0 Å². The van der Waals surface area contributed by atoms with Crippen molar-refractivity contribution < 1.29 is 9.59 Å². The molecule has 2 aromatic rings. The number of carbonyl (C=O) groups excluding carboxylic acids is 2. The second kappa shape index (κ2) is 7.73. The Balaban J connectivity index is 1.45. The van der Waals surface area contributed by atoms with Gasteiger partial charge in [-0.3, -0.25) is 19.3 Å². The molecule has 2 aliphatic heterocycles. The lowest BCUT2D eigenvalue weighted by atomic mass is 9.93. The van der Waals surface area contributed by atoms with Crippen LogP contribution < -0.4 is 0 Å². The second-order valence-electron chi connectivity index (χ2n) is 7.86. The Morgan fingerprint density at radius 1 is 1.04 bits per heavy atom. The first-order valence-electron chi connectivity index (χ1n) is 10.1. The van der Waals surface area contributed by atoms with Crippen LogP contribution in [-0.2, 0) is 7.05 Å². The number of carbonyl (C=O) groups is 2. The zero-order valence-electron chi connectivity index (χ0n) is 16.6. The van der Waals surface area contributed by atoms with Crippen molar-refractivity contribution in [3.63, 3.8) is 0 Å². The minimum atomic E-state index is 0.0381. The first kappa shape index (κ1) is 18.7. The highest BCUT2D eigenvalue weighted by atomic mass is 16.2. The van der Waals surface area contributed by atoms with E-state index in [4.69, 9.17) is 0 Å². The molecule has 1 unspecified atom stereocenters. The van der Waals surface area contributed by atoms with Gasteiger partial charge < -0.3 is 9.80 Å². The maximum absolute atomic E-state index is 12.9. The quantitative estimate of drug-likeness (QED) is 0.818. The van der Waals surface area contributed by atoms with Crippen molar-refractivity contribution in [3.05, 3.63) is 47.0 Å². The second-order valence-corrected chi connectivity index (χ2v) is 7.86. The average molecular weight is 381 g/mol. The fraction of sp³-hybridized carbons (Fsp3) is 0.524. The van der Waals surface area contributed by atoms with E-state index < -0.39 is 0 Å². The van der Waals surface area contributed by atoms with Crippen molar-refractivity contribution in [1.82, 2.24) is 24.6 Å². The Hall–Kier alpha value is -2.70. The van der Waals surface area contributed by atoms with Crippen molar-refractivity contribution in [2.45, 2.75) is 38.5 Å². The predicted molar refractivity (Wildman–Crippen MR) is 105 cm³/mol. The van der Waals surface area contributed by atoms with Crippen molar-refractivity contribution in [3.8, 4) is 0 Å². The largest absolute Gasteiger partial charge is 0.339 e. The summed E-state index contributed by atoms with van der Waals surface area (Å²) in [5.41, 5.74) is 3.04. The van der Waals surface area contributed by atoms with Crippen LogP contribution in [0.1, 0.15) is 63.7 Å². The summed E-state index contributed by atoms with van der Waals surface area (Å²) in [6.07, 6.45) is 7.60. The topological polar surface area (TPSA) is 71.3 Å². The van der Waals surface area contributed by atoms with Gasteiger partial charge in [0.15, 0.2) is 0 Å². The molecule has 0 aliphatic carbocycles. The third kappa shape index (κ3) is 3.66. The Morgan fingerprint density at radius 3 is 2.43 bits per heavy atom. The molecule has 148 valence electrons. The molecule has 2 saturated heterocycles. The van der Waals surface area contributed by atoms with Gasteiger partial charge in [0.05, 0.1) is 16.8 Å². The van der Waals surface area contributed by atoms with Crippen LogP contribution in [0.2, 0.25) is 0 Å². The Kier molecular flexibility index (Phi) is 5.15. The maximum atomic E-state index is 12.9. The van der Waals surface area contributed by atoms with Gasteiger partial charge >= 0.3 is 0 Å². The summed E-state index contributed by atoms with van der Waals surface area (Å²) in [5.74, 6) is 0.311. The van der Waals surface area contributed by atoms with E-state index >= 15 is 0 Å². The number of hydrogen-bond acceptors (Lipinski definition) is 4. The van der Waals surface area contributed by atoms with E-state index in [2.05, 4.69) is 10.1 Å². The molecule has 1 atom stereocenters. The van der Waals surface area contributed by atoms with Crippen LogP contribution in [0, 0.1) is 6.92 Å². The number of amides is 2. The zero-order valence-corrected chi connectivity index (χ0v) is 16.6. The van der Waals surface area contributed by atoms with E-state index in [0.29, 0.717) is 17.7 Å². The van der Waals surface area contributed by atoms with Crippen LogP contribution in [0.5, 0.6) is 0 Å². The molecule has 2 aromatic heterocycles. The fourth-order valence-corrected chi connectivity index (χ4v) is 4.26. The number of aryl methyl sites for hydroxylation is 2. The molecule has 4 rings (SSSR count). The van der Waals surface area contributed by atoms with Gasteiger partial charge in [-0.15, -0.1) is 0 Å². The van der Waals surface area contributed by atoms with Crippen molar-refractivity contribution in [2.24, 2.45) is 7.05 Å². The van der Waals surface area contributed by atoms with E-state index in [9.17, 15) is 9.59 Å².